The van der Waals surface area contributed by atoms with Crippen molar-refractivity contribution < 1.29 is 14.6 Å². The van der Waals surface area contributed by atoms with Crippen molar-refractivity contribution in [3.63, 3.8) is 0 Å². The van der Waals surface area contributed by atoms with Crippen molar-refractivity contribution in [3.05, 3.63) is 76.9 Å². The van der Waals surface area contributed by atoms with Crippen LogP contribution in [-0.4, -0.2) is 52.8 Å². The van der Waals surface area contributed by atoms with Crippen molar-refractivity contribution >= 4 is 22.6 Å². The van der Waals surface area contributed by atoms with Crippen molar-refractivity contribution in [3.8, 4) is 6.07 Å². The van der Waals surface area contributed by atoms with Crippen LogP contribution in [0.25, 0.3) is 10.8 Å². The Morgan fingerprint density at radius 1 is 1.06 bits per heavy atom. The second kappa shape index (κ2) is 10.6. The minimum Gasteiger partial charge on any atom is -0.444 e. The van der Waals surface area contributed by atoms with Crippen LogP contribution in [0.15, 0.2) is 54.6 Å². The van der Waals surface area contributed by atoms with Gasteiger partial charge in [-0.25, -0.2) is 4.79 Å². The number of nitrogen functional groups attached to an aromatic ring is 1. The Kier molecular flexibility index (Phi) is 7.48. The van der Waals surface area contributed by atoms with Crippen LogP contribution in [0.1, 0.15) is 49.1 Å². The molecule has 7 heteroatoms. The van der Waals surface area contributed by atoms with E-state index in [0.717, 1.165) is 47.1 Å². The molecule has 1 heterocycles. The third-order valence-corrected chi connectivity index (χ3v) is 6.43. The van der Waals surface area contributed by atoms with E-state index < -0.39 is 11.7 Å². The Hall–Kier alpha value is -3.60. The Morgan fingerprint density at radius 2 is 1.78 bits per heavy atom. The first kappa shape index (κ1) is 25.5. The molecule has 188 valence electrons. The van der Waals surface area contributed by atoms with Gasteiger partial charge < -0.3 is 20.5 Å². The number of amides is 1. The molecule has 1 amide bonds. The summed E-state index contributed by atoms with van der Waals surface area (Å²) in [6.45, 7) is 9.17. The molecule has 1 fully saturated rings. The monoisotopic (exact) mass is 486 g/mol. The normalized spacial score (nSPS) is 15.5. The number of hydrogen-bond donors (Lipinski definition) is 2. The summed E-state index contributed by atoms with van der Waals surface area (Å²) in [7, 11) is 0. The predicted molar refractivity (Wildman–Crippen MR) is 141 cm³/mol. The number of benzene rings is 3. The molecule has 4 rings (SSSR count). The molecule has 1 atom stereocenters. The van der Waals surface area contributed by atoms with Crippen LogP contribution < -0.4 is 5.73 Å². The summed E-state index contributed by atoms with van der Waals surface area (Å²) in [6, 6.07) is 19.5. The average molecular weight is 487 g/mol. The zero-order valence-corrected chi connectivity index (χ0v) is 21.2. The molecular formula is C29H34N4O3. The Bertz CT molecular complexity index is 1280. The van der Waals surface area contributed by atoms with Crippen molar-refractivity contribution in [2.75, 3.05) is 31.9 Å². The molecule has 1 aliphatic rings. The molecule has 0 aliphatic carbocycles. The number of piperazine rings is 1. The fourth-order valence-corrected chi connectivity index (χ4v) is 4.48. The Balaban J connectivity index is 1.39. The van der Waals surface area contributed by atoms with Crippen LogP contribution in [0, 0.1) is 11.3 Å². The molecule has 0 spiro atoms. The fraction of sp³-hybridized carbons (Fsp3) is 0.379. The molecule has 0 aromatic heterocycles. The number of carbonyl (C=O) groups excluding carboxylic acids is 1. The SMILES string of the molecule is CC(C)(C)OC(=O)N1CCN(Cc2ccc(N)c(CC(O)c3ccc4ccc(C#N)cc4c3)c2)CC1. The van der Waals surface area contributed by atoms with E-state index in [1.165, 1.54) is 0 Å². The quantitative estimate of drug-likeness (QED) is 0.510. The summed E-state index contributed by atoms with van der Waals surface area (Å²) < 4.78 is 5.48. The smallest absolute Gasteiger partial charge is 0.410 e. The average Bonchev–Trinajstić information content (AvgIpc) is 2.84. The van der Waals surface area contributed by atoms with Crippen molar-refractivity contribution in [1.29, 1.82) is 5.26 Å². The summed E-state index contributed by atoms with van der Waals surface area (Å²) in [5.41, 5.74) is 9.83. The zero-order chi connectivity index (χ0) is 25.9. The molecule has 0 radical (unpaired) electrons. The van der Waals surface area contributed by atoms with Crippen molar-refractivity contribution in [2.24, 2.45) is 0 Å². The summed E-state index contributed by atoms with van der Waals surface area (Å²) in [6.07, 6.45) is -0.575. The largest absolute Gasteiger partial charge is 0.444 e. The molecular weight excluding hydrogens is 452 g/mol. The molecule has 3 aromatic rings. The Labute approximate surface area is 212 Å². The van der Waals surface area contributed by atoms with E-state index in [2.05, 4.69) is 17.0 Å². The van der Waals surface area contributed by atoms with Gasteiger partial charge in [-0.15, -0.1) is 0 Å². The highest BCUT2D eigenvalue weighted by Gasteiger charge is 2.26. The summed E-state index contributed by atoms with van der Waals surface area (Å²) in [5.74, 6) is 0. The number of hydrogen-bond acceptors (Lipinski definition) is 6. The highest BCUT2D eigenvalue weighted by atomic mass is 16.6. The van der Waals surface area contributed by atoms with E-state index >= 15 is 0 Å². The zero-order valence-electron chi connectivity index (χ0n) is 21.2. The molecule has 0 saturated carbocycles. The number of fused-ring (bicyclic) bond motifs is 1. The van der Waals surface area contributed by atoms with Gasteiger partial charge >= 0.3 is 6.09 Å². The van der Waals surface area contributed by atoms with Gasteiger partial charge in [0.1, 0.15) is 5.60 Å². The van der Waals surface area contributed by atoms with E-state index in [0.29, 0.717) is 30.8 Å². The topological polar surface area (TPSA) is 103 Å². The van der Waals surface area contributed by atoms with Gasteiger partial charge in [0.05, 0.1) is 17.7 Å². The molecule has 3 N–H and O–H groups in total. The third kappa shape index (κ3) is 6.34. The molecule has 7 nitrogen and oxygen atoms in total. The lowest BCUT2D eigenvalue weighted by molar-refractivity contribution is 0.0139. The van der Waals surface area contributed by atoms with E-state index in [9.17, 15) is 15.2 Å². The second-order valence-electron chi connectivity index (χ2n) is 10.4. The van der Waals surface area contributed by atoms with Crippen molar-refractivity contribution in [1.82, 2.24) is 9.80 Å². The number of nitrogens with zero attached hydrogens (tertiary/aromatic N) is 3. The van der Waals surface area contributed by atoms with Gasteiger partial charge in [0.15, 0.2) is 0 Å². The van der Waals surface area contributed by atoms with E-state index in [1.807, 2.05) is 63.2 Å². The second-order valence-corrected chi connectivity index (χ2v) is 10.4. The van der Waals surface area contributed by atoms with E-state index in [4.69, 9.17) is 10.5 Å². The van der Waals surface area contributed by atoms with Gasteiger partial charge in [-0.2, -0.15) is 5.26 Å². The van der Waals surface area contributed by atoms with Gasteiger partial charge in [0.2, 0.25) is 0 Å². The number of carbonyl (C=O) groups is 1. The number of ether oxygens (including phenoxy) is 1. The Morgan fingerprint density at radius 3 is 2.47 bits per heavy atom. The third-order valence-electron chi connectivity index (χ3n) is 6.43. The van der Waals surface area contributed by atoms with Gasteiger partial charge in [-0.05, 0) is 72.5 Å². The summed E-state index contributed by atoms with van der Waals surface area (Å²) in [4.78, 5) is 16.4. The molecule has 3 aromatic carbocycles. The maximum Gasteiger partial charge on any atom is 0.410 e. The summed E-state index contributed by atoms with van der Waals surface area (Å²) in [5, 5.41) is 22.1. The number of nitriles is 1. The lowest BCUT2D eigenvalue weighted by Crippen LogP contribution is -2.49. The minimum atomic E-state index is -0.713. The number of nitrogens with two attached hydrogens (primary N) is 1. The maximum absolute atomic E-state index is 12.3. The van der Waals surface area contributed by atoms with Crippen LogP contribution in [0.4, 0.5) is 10.5 Å². The van der Waals surface area contributed by atoms with Crippen LogP contribution >= 0.6 is 0 Å². The van der Waals surface area contributed by atoms with Gasteiger partial charge in [-0.1, -0.05) is 30.3 Å². The summed E-state index contributed by atoms with van der Waals surface area (Å²) >= 11 is 0. The standard InChI is InChI=1S/C29H34N4O3/c1-29(2,3)36-28(35)33-12-10-32(11-13-33)19-21-5-9-26(31)25(15-21)17-27(34)23-8-7-22-6-4-20(18-30)14-24(22)16-23/h4-9,14-16,27,34H,10-13,17,19,31H2,1-3H3. The molecule has 1 saturated heterocycles. The van der Waals surface area contributed by atoms with Crippen LogP contribution in [-0.2, 0) is 17.7 Å². The first-order valence-electron chi connectivity index (χ1n) is 12.3. The highest BCUT2D eigenvalue weighted by Crippen LogP contribution is 2.27. The highest BCUT2D eigenvalue weighted by molar-refractivity contribution is 5.84. The molecule has 1 unspecified atom stereocenters. The molecule has 0 bridgehead atoms. The van der Waals surface area contributed by atoms with Gasteiger partial charge in [-0.3, -0.25) is 4.90 Å². The van der Waals surface area contributed by atoms with Gasteiger partial charge in [0.25, 0.3) is 0 Å². The predicted octanol–water partition coefficient (Wildman–Crippen LogP) is 4.62. The fourth-order valence-electron chi connectivity index (χ4n) is 4.48. The first-order valence-corrected chi connectivity index (χ1v) is 12.3. The van der Waals surface area contributed by atoms with Crippen LogP contribution in [0.2, 0.25) is 0 Å². The maximum atomic E-state index is 12.3. The lowest BCUT2D eigenvalue weighted by atomic mass is 9.96. The van der Waals surface area contributed by atoms with E-state index in [-0.39, 0.29) is 6.09 Å². The first-order chi connectivity index (χ1) is 17.1. The number of anilines is 1. The lowest BCUT2D eigenvalue weighted by Gasteiger charge is -2.35. The van der Waals surface area contributed by atoms with Crippen molar-refractivity contribution in [2.45, 2.75) is 45.4 Å². The van der Waals surface area contributed by atoms with E-state index in [1.54, 1.807) is 11.0 Å². The van der Waals surface area contributed by atoms with Crippen LogP contribution in [0.5, 0.6) is 0 Å². The van der Waals surface area contributed by atoms with Crippen LogP contribution in [0.3, 0.4) is 0 Å². The molecule has 1 aliphatic heterocycles. The number of aliphatic hydroxyl groups is 1. The number of aliphatic hydroxyl groups excluding tert-OH is 1. The van der Waals surface area contributed by atoms with Gasteiger partial charge in [0, 0.05) is 44.8 Å². The minimum absolute atomic E-state index is 0.261. The molecule has 36 heavy (non-hydrogen) atoms. The number of rotatable bonds is 5.